The summed E-state index contributed by atoms with van der Waals surface area (Å²) >= 11 is 0. The largest absolute Gasteiger partial charge is 0.497 e. The number of methoxy groups -OCH3 is 1. The third kappa shape index (κ3) is 3.75. The zero-order valence-corrected chi connectivity index (χ0v) is 15.8. The molecule has 142 valence electrons. The van der Waals surface area contributed by atoms with Gasteiger partial charge < -0.3 is 14.8 Å². The first-order chi connectivity index (χ1) is 12.7. The van der Waals surface area contributed by atoms with Crippen LogP contribution in [0, 0.1) is 0 Å². The summed E-state index contributed by atoms with van der Waals surface area (Å²) in [7, 11) is 1.68. The van der Waals surface area contributed by atoms with E-state index in [2.05, 4.69) is 14.8 Å². The van der Waals surface area contributed by atoms with Gasteiger partial charge in [-0.2, -0.15) is 0 Å². The zero-order chi connectivity index (χ0) is 17.9. The average molecular weight is 357 g/mol. The van der Waals surface area contributed by atoms with Gasteiger partial charge in [0, 0.05) is 61.4 Å². The number of benzene rings is 1. The van der Waals surface area contributed by atoms with Gasteiger partial charge in [-0.15, -0.1) is 0 Å². The molecule has 0 amide bonds. The van der Waals surface area contributed by atoms with Crippen molar-refractivity contribution in [1.29, 1.82) is 0 Å². The van der Waals surface area contributed by atoms with Crippen LogP contribution in [0.1, 0.15) is 43.8 Å². The first-order valence-corrected chi connectivity index (χ1v) is 10.0. The van der Waals surface area contributed by atoms with E-state index in [4.69, 9.17) is 4.74 Å². The van der Waals surface area contributed by atoms with Gasteiger partial charge in [0.15, 0.2) is 0 Å². The number of aromatic nitrogens is 1. The fourth-order valence-electron chi connectivity index (χ4n) is 4.62. The highest BCUT2D eigenvalue weighted by molar-refractivity contribution is 5.85. The summed E-state index contributed by atoms with van der Waals surface area (Å²) < 4.78 is 5.33. The number of aromatic amines is 1. The molecule has 0 spiro atoms. The number of piperazine rings is 1. The van der Waals surface area contributed by atoms with Crippen molar-refractivity contribution < 1.29 is 9.84 Å². The minimum absolute atomic E-state index is 0.475. The number of nitrogens with one attached hydrogen (secondary N) is 1. The first-order valence-electron chi connectivity index (χ1n) is 10.0. The quantitative estimate of drug-likeness (QED) is 0.863. The minimum Gasteiger partial charge on any atom is -0.497 e. The molecule has 1 aromatic carbocycles. The lowest BCUT2D eigenvalue weighted by atomic mass is 9.94. The summed E-state index contributed by atoms with van der Waals surface area (Å²) in [5.41, 5.74) is 2.01. The molecule has 4 rings (SSSR count). The summed E-state index contributed by atoms with van der Waals surface area (Å²) in [6.07, 6.45) is 8.42. The van der Waals surface area contributed by atoms with E-state index in [1.54, 1.807) is 7.11 Å². The Balaban J connectivity index is 1.36. The Kier molecular flexibility index (Phi) is 5.48. The maximum Gasteiger partial charge on any atom is 0.119 e. The van der Waals surface area contributed by atoms with Crippen molar-refractivity contribution in [3.05, 3.63) is 30.0 Å². The molecule has 2 aliphatic rings. The molecule has 2 N–H and O–H groups in total. The van der Waals surface area contributed by atoms with Crippen LogP contribution in [0.4, 0.5) is 0 Å². The van der Waals surface area contributed by atoms with Crippen LogP contribution < -0.4 is 4.74 Å². The average Bonchev–Trinajstić information content (AvgIpc) is 3.12. The van der Waals surface area contributed by atoms with Gasteiger partial charge >= 0.3 is 0 Å². The summed E-state index contributed by atoms with van der Waals surface area (Å²) in [6, 6.07) is 6.76. The summed E-state index contributed by atoms with van der Waals surface area (Å²) in [5.74, 6) is 0.826. The second kappa shape index (κ2) is 7.99. The van der Waals surface area contributed by atoms with Crippen LogP contribution in [0.5, 0.6) is 5.75 Å². The fourth-order valence-corrected chi connectivity index (χ4v) is 4.62. The maximum atomic E-state index is 10.8. The molecule has 1 atom stereocenters. The normalized spacial score (nSPS) is 21.9. The molecule has 1 aromatic heterocycles. The molecule has 5 heteroatoms. The number of aliphatic hydroxyl groups excluding tert-OH is 1. The van der Waals surface area contributed by atoms with Gasteiger partial charge in [-0.1, -0.05) is 19.3 Å². The molecule has 1 aliphatic heterocycles. The minimum atomic E-state index is -0.475. The number of hydrogen-bond donors (Lipinski definition) is 2. The fraction of sp³-hybridized carbons (Fsp3) is 0.619. The van der Waals surface area contributed by atoms with Gasteiger partial charge in [-0.05, 0) is 31.0 Å². The predicted octanol–water partition coefficient (Wildman–Crippen LogP) is 3.16. The molecule has 0 unspecified atom stereocenters. The van der Waals surface area contributed by atoms with Gasteiger partial charge in [0.2, 0.25) is 0 Å². The summed E-state index contributed by atoms with van der Waals surface area (Å²) in [4.78, 5) is 8.35. The van der Waals surface area contributed by atoms with Crippen molar-refractivity contribution >= 4 is 10.9 Å². The molecule has 5 nitrogen and oxygen atoms in total. The highest BCUT2D eigenvalue weighted by atomic mass is 16.5. The highest BCUT2D eigenvalue weighted by Crippen LogP contribution is 2.29. The lowest BCUT2D eigenvalue weighted by Crippen LogP contribution is -2.51. The van der Waals surface area contributed by atoms with E-state index in [-0.39, 0.29) is 0 Å². The molecule has 26 heavy (non-hydrogen) atoms. The van der Waals surface area contributed by atoms with E-state index in [1.807, 2.05) is 24.4 Å². The van der Waals surface area contributed by atoms with E-state index in [1.165, 1.54) is 32.1 Å². The zero-order valence-electron chi connectivity index (χ0n) is 15.8. The molecule has 1 saturated carbocycles. The van der Waals surface area contributed by atoms with Crippen molar-refractivity contribution in [3.8, 4) is 5.75 Å². The maximum absolute atomic E-state index is 10.8. The number of H-pyrrole nitrogens is 1. The second-order valence-corrected chi connectivity index (χ2v) is 7.80. The Hall–Kier alpha value is -1.56. The summed E-state index contributed by atoms with van der Waals surface area (Å²) in [6.45, 7) is 5.08. The molecule has 0 radical (unpaired) electrons. The van der Waals surface area contributed by atoms with Gasteiger partial charge in [-0.25, -0.2) is 0 Å². The lowest BCUT2D eigenvalue weighted by molar-refractivity contribution is 0.0479. The Morgan fingerprint density at radius 2 is 1.92 bits per heavy atom. The number of β-amino-alcohol motifs (C(OH)–C–C–N with tert-alkyl or cyclic N) is 1. The number of aliphatic hydroxyl groups is 1. The molecule has 2 heterocycles. The number of nitrogens with zero attached hydrogens (tertiary/aromatic N) is 2. The van der Waals surface area contributed by atoms with E-state index < -0.39 is 6.10 Å². The summed E-state index contributed by atoms with van der Waals surface area (Å²) in [5, 5.41) is 11.9. The highest BCUT2D eigenvalue weighted by Gasteiger charge is 2.26. The lowest BCUT2D eigenvalue weighted by Gasteiger charge is -2.41. The van der Waals surface area contributed by atoms with Gasteiger partial charge in [0.25, 0.3) is 0 Å². The van der Waals surface area contributed by atoms with Crippen LogP contribution in [-0.2, 0) is 0 Å². The molecular weight excluding hydrogens is 326 g/mol. The Labute approximate surface area is 155 Å². The van der Waals surface area contributed by atoms with E-state index >= 15 is 0 Å². The monoisotopic (exact) mass is 357 g/mol. The topological polar surface area (TPSA) is 51.7 Å². The Bertz CT molecular complexity index is 715. The Morgan fingerprint density at radius 3 is 2.65 bits per heavy atom. The van der Waals surface area contributed by atoms with Crippen molar-refractivity contribution in [2.75, 3.05) is 39.8 Å². The van der Waals surface area contributed by atoms with Crippen molar-refractivity contribution in [1.82, 2.24) is 14.8 Å². The molecule has 1 saturated heterocycles. The SMILES string of the molecule is COc1ccc2[nH]cc([C@@H](O)CN3CCN(C4CCCCC4)CC3)c2c1. The van der Waals surface area contributed by atoms with Crippen LogP contribution in [0.3, 0.4) is 0 Å². The van der Waals surface area contributed by atoms with Crippen LogP contribution in [0.25, 0.3) is 10.9 Å². The van der Waals surface area contributed by atoms with Crippen LogP contribution in [0.15, 0.2) is 24.4 Å². The van der Waals surface area contributed by atoms with Gasteiger partial charge in [0.1, 0.15) is 5.75 Å². The molecule has 0 bridgehead atoms. The van der Waals surface area contributed by atoms with Crippen molar-refractivity contribution in [2.24, 2.45) is 0 Å². The van der Waals surface area contributed by atoms with Gasteiger partial charge in [0.05, 0.1) is 13.2 Å². The van der Waals surface area contributed by atoms with Crippen LogP contribution in [0.2, 0.25) is 0 Å². The first kappa shape index (κ1) is 17.8. The number of ether oxygens (including phenoxy) is 1. The second-order valence-electron chi connectivity index (χ2n) is 7.80. The molecular formula is C21H31N3O2. The van der Waals surface area contributed by atoms with Crippen LogP contribution >= 0.6 is 0 Å². The predicted molar refractivity (Wildman–Crippen MR) is 105 cm³/mol. The smallest absolute Gasteiger partial charge is 0.119 e. The molecule has 2 fully saturated rings. The third-order valence-electron chi connectivity index (χ3n) is 6.21. The van der Waals surface area contributed by atoms with E-state index in [9.17, 15) is 5.11 Å². The number of rotatable bonds is 5. The number of hydrogen-bond acceptors (Lipinski definition) is 4. The molecule has 2 aromatic rings. The van der Waals surface area contributed by atoms with E-state index in [0.717, 1.165) is 54.4 Å². The van der Waals surface area contributed by atoms with Crippen molar-refractivity contribution in [3.63, 3.8) is 0 Å². The van der Waals surface area contributed by atoms with Gasteiger partial charge in [-0.3, -0.25) is 9.80 Å². The number of fused-ring (bicyclic) bond motifs is 1. The Morgan fingerprint density at radius 1 is 1.15 bits per heavy atom. The standard InChI is InChI=1S/C21H31N3O2/c1-26-17-7-8-20-18(13-17)19(14-22-20)21(25)15-23-9-11-24(12-10-23)16-5-3-2-4-6-16/h7-8,13-14,16,21-22,25H,2-6,9-12,15H2,1H3/t21-/m0/s1. The van der Waals surface area contributed by atoms with Crippen LogP contribution in [-0.4, -0.2) is 65.8 Å². The molecule has 1 aliphatic carbocycles. The van der Waals surface area contributed by atoms with E-state index in [0.29, 0.717) is 6.54 Å². The van der Waals surface area contributed by atoms with Crippen molar-refractivity contribution in [2.45, 2.75) is 44.2 Å². The third-order valence-corrected chi connectivity index (χ3v) is 6.21.